The molecule has 202 valence electrons. The third-order valence-electron chi connectivity index (χ3n) is 6.32. The summed E-state index contributed by atoms with van der Waals surface area (Å²) in [6.45, 7) is 7.59. The van der Waals surface area contributed by atoms with Crippen LogP contribution < -0.4 is 9.73 Å². The normalized spacial score (nSPS) is 11.6. The topological polar surface area (TPSA) is 83.8 Å². The highest BCUT2D eigenvalue weighted by Gasteiger charge is 2.28. The molecule has 0 radical (unpaired) electrons. The standard InChI is InChI=1S/C29H28Cl2N4O3S/c1-19-9-8-10-20(2)29(19)35-21(3)15-23(22(35)4)17-32-33-28(36)18-34(27-14-13-24(30)16-26(27)31)39(37,38)25-11-6-5-7-12-25/h5-17H,18H2,1-4H3,(H,33,36)/b32-17-. The lowest BCUT2D eigenvalue weighted by molar-refractivity contribution is -0.119. The van der Waals surface area contributed by atoms with Crippen LogP contribution in [0.4, 0.5) is 5.69 Å². The molecule has 1 heterocycles. The summed E-state index contributed by atoms with van der Waals surface area (Å²) in [7, 11) is -4.12. The molecule has 0 atom stereocenters. The van der Waals surface area contributed by atoms with E-state index in [1.54, 1.807) is 24.4 Å². The van der Waals surface area contributed by atoms with Gasteiger partial charge in [0.2, 0.25) is 0 Å². The van der Waals surface area contributed by atoms with Crippen molar-refractivity contribution in [1.29, 1.82) is 0 Å². The molecule has 1 N–H and O–H groups in total. The zero-order chi connectivity index (χ0) is 28.3. The van der Waals surface area contributed by atoms with E-state index in [-0.39, 0.29) is 15.6 Å². The van der Waals surface area contributed by atoms with Gasteiger partial charge in [-0.15, -0.1) is 0 Å². The number of hydrogen-bond acceptors (Lipinski definition) is 4. The molecule has 0 saturated carbocycles. The molecule has 0 bridgehead atoms. The van der Waals surface area contributed by atoms with Crippen molar-refractivity contribution in [3.05, 3.63) is 111 Å². The van der Waals surface area contributed by atoms with Gasteiger partial charge in [-0.3, -0.25) is 9.10 Å². The summed E-state index contributed by atoms with van der Waals surface area (Å²) in [5, 5.41) is 4.56. The van der Waals surface area contributed by atoms with Crippen LogP contribution in [-0.2, 0) is 14.8 Å². The smallest absolute Gasteiger partial charge is 0.264 e. The van der Waals surface area contributed by atoms with Crippen molar-refractivity contribution in [1.82, 2.24) is 9.99 Å². The molecular weight excluding hydrogens is 555 g/mol. The van der Waals surface area contributed by atoms with Crippen molar-refractivity contribution in [2.45, 2.75) is 32.6 Å². The molecule has 0 aliphatic carbocycles. The number of para-hydroxylation sites is 1. The number of carbonyl (C=O) groups is 1. The fourth-order valence-corrected chi connectivity index (χ4v) is 6.48. The van der Waals surface area contributed by atoms with E-state index in [2.05, 4.69) is 41.1 Å². The minimum absolute atomic E-state index is 0.0197. The van der Waals surface area contributed by atoms with Crippen molar-refractivity contribution in [2.24, 2.45) is 5.10 Å². The summed E-state index contributed by atoms with van der Waals surface area (Å²) in [5.74, 6) is -0.639. The summed E-state index contributed by atoms with van der Waals surface area (Å²) in [5.41, 5.74) is 8.79. The number of carbonyl (C=O) groups excluding carboxylic acids is 1. The maximum atomic E-state index is 13.5. The Morgan fingerprint density at radius 3 is 2.26 bits per heavy atom. The lowest BCUT2D eigenvalue weighted by Gasteiger charge is -2.24. The van der Waals surface area contributed by atoms with Gasteiger partial charge < -0.3 is 4.57 Å². The highest BCUT2D eigenvalue weighted by Crippen LogP contribution is 2.32. The number of rotatable bonds is 8. The molecule has 0 spiro atoms. The summed E-state index contributed by atoms with van der Waals surface area (Å²) in [4.78, 5) is 13.0. The Morgan fingerprint density at radius 2 is 1.62 bits per heavy atom. The van der Waals surface area contributed by atoms with Crippen molar-refractivity contribution in [3.8, 4) is 5.69 Å². The van der Waals surface area contributed by atoms with Crippen LogP contribution in [0.5, 0.6) is 0 Å². The van der Waals surface area contributed by atoms with E-state index < -0.39 is 22.5 Å². The van der Waals surface area contributed by atoms with E-state index in [0.717, 1.165) is 38.1 Å². The molecule has 1 amide bonds. The van der Waals surface area contributed by atoms with Crippen molar-refractivity contribution < 1.29 is 13.2 Å². The molecule has 0 aliphatic rings. The minimum atomic E-state index is -4.12. The third-order valence-corrected chi connectivity index (χ3v) is 8.63. The number of benzene rings is 3. The van der Waals surface area contributed by atoms with Crippen LogP contribution in [0.1, 0.15) is 28.1 Å². The molecule has 3 aromatic carbocycles. The number of nitrogens with one attached hydrogen (secondary N) is 1. The highest BCUT2D eigenvalue weighted by atomic mass is 35.5. The zero-order valence-electron chi connectivity index (χ0n) is 21.9. The second kappa shape index (κ2) is 11.7. The number of amides is 1. The Labute approximate surface area is 238 Å². The molecule has 4 rings (SSSR count). The van der Waals surface area contributed by atoms with Crippen molar-refractivity contribution in [2.75, 3.05) is 10.8 Å². The number of nitrogens with zero attached hydrogens (tertiary/aromatic N) is 3. The van der Waals surface area contributed by atoms with Crippen LogP contribution in [0, 0.1) is 27.7 Å². The first-order chi connectivity index (χ1) is 18.5. The number of hydrazone groups is 1. The zero-order valence-corrected chi connectivity index (χ0v) is 24.3. The van der Waals surface area contributed by atoms with Gasteiger partial charge in [-0.1, -0.05) is 59.6 Å². The number of aromatic nitrogens is 1. The number of anilines is 1. The van der Waals surface area contributed by atoms with Gasteiger partial charge in [-0.2, -0.15) is 5.10 Å². The predicted molar refractivity (Wildman–Crippen MR) is 158 cm³/mol. The Balaban J connectivity index is 1.59. The first-order valence-corrected chi connectivity index (χ1v) is 14.3. The van der Waals surface area contributed by atoms with E-state index in [9.17, 15) is 13.2 Å². The lowest BCUT2D eigenvalue weighted by Crippen LogP contribution is -2.39. The van der Waals surface area contributed by atoms with Gasteiger partial charge in [0.25, 0.3) is 15.9 Å². The van der Waals surface area contributed by atoms with Gasteiger partial charge >= 0.3 is 0 Å². The van der Waals surface area contributed by atoms with Gasteiger partial charge in [0.1, 0.15) is 6.54 Å². The van der Waals surface area contributed by atoms with Crippen molar-refractivity contribution in [3.63, 3.8) is 0 Å². The molecule has 10 heteroatoms. The van der Waals surface area contributed by atoms with Crippen LogP contribution in [0.25, 0.3) is 5.69 Å². The Kier molecular flexibility index (Phi) is 8.49. The minimum Gasteiger partial charge on any atom is -0.317 e. The molecule has 4 aromatic rings. The second-order valence-corrected chi connectivity index (χ2v) is 11.8. The average molecular weight is 584 g/mol. The quantitative estimate of drug-likeness (QED) is 0.194. The predicted octanol–water partition coefficient (Wildman–Crippen LogP) is 6.36. The number of hydrogen-bond donors (Lipinski definition) is 1. The summed E-state index contributed by atoms with van der Waals surface area (Å²) < 4.78 is 30.1. The fourth-order valence-electron chi connectivity index (χ4n) is 4.46. The van der Waals surface area contributed by atoms with Gasteiger partial charge in [0.15, 0.2) is 0 Å². The Morgan fingerprint density at radius 1 is 0.949 bits per heavy atom. The Hall–Kier alpha value is -3.59. The van der Waals surface area contributed by atoms with Crippen LogP contribution in [-0.4, -0.2) is 31.7 Å². The third kappa shape index (κ3) is 6.03. The summed E-state index contributed by atoms with van der Waals surface area (Å²) in [6.07, 6.45) is 1.55. The van der Waals surface area contributed by atoms with Crippen LogP contribution in [0.2, 0.25) is 10.0 Å². The van der Waals surface area contributed by atoms with E-state index in [1.807, 2.05) is 26.0 Å². The number of aryl methyl sites for hydroxylation is 3. The van der Waals surface area contributed by atoms with E-state index in [4.69, 9.17) is 23.2 Å². The van der Waals surface area contributed by atoms with Crippen molar-refractivity contribution >= 4 is 51.0 Å². The monoisotopic (exact) mass is 582 g/mol. The molecule has 0 fully saturated rings. The van der Waals surface area contributed by atoms with Gasteiger partial charge in [-0.05, 0) is 75.2 Å². The van der Waals surface area contributed by atoms with E-state index >= 15 is 0 Å². The number of sulfonamides is 1. The van der Waals surface area contributed by atoms with Gasteiger partial charge in [-0.25, -0.2) is 13.8 Å². The van der Waals surface area contributed by atoms with Gasteiger partial charge in [0, 0.05) is 22.0 Å². The SMILES string of the molecule is Cc1cccc(C)c1-n1c(C)cc(/C=N\NC(=O)CN(c2ccc(Cl)cc2Cl)S(=O)(=O)c2ccccc2)c1C. The van der Waals surface area contributed by atoms with E-state index in [0.29, 0.717) is 5.02 Å². The molecule has 7 nitrogen and oxygen atoms in total. The summed E-state index contributed by atoms with van der Waals surface area (Å²) >= 11 is 12.4. The highest BCUT2D eigenvalue weighted by molar-refractivity contribution is 7.92. The summed E-state index contributed by atoms with van der Waals surface area (Å²) in [6, 6.07) is 20.4. The average Bonchev–Trinajstić information content (AvgIpc) is 3.16. The van der Waals surface area contributed by atoms with Crippen LogP contribution >= 0.6 is 23.2 Å². The molecule has 1 aromatic heterocycles. The molecule has 0 aliphatic heterocycles. The molecular formula is C29H28Cl2N4O3S. The number of halogens is 2. The van der Waals surface area contributed by atoms with Crippen LogP contribution in [0.15, 0.2) is 82.8 Å². The van der Waals surface area contributed by atoms with E-state index in [1.165, 1.54) is 30.3 Å². The second-order valence-electron chi connectivity index (χ2n) is 9.12. The molecule has 39 heavy (non-hydrogen) atoms. The van der Waals surface area contributed by atoms with Crippen LogP contribution in [0.3, 0.4) is 0 Å². The Bertz CT molecular complexity index is 1650. The first-order valence-electron chi connectivity index (χ1n) is 12.1. The first kappa shape index (κ1) is 28.4. The lowest BCUT2D eigenvalue weighted by atomic mass is 10.1. The largest absolute Gasteiger partial charge is 0.317 e. The van der Waals surface area contributed by atoms with Gasteiger partial charge in [0.05, 0.1) is 27.5 Å². The fraction of sp³-hybridized carbons (Fsp3) is 0.172. The maximum Gasteiger partial charge on any atom is 0.264 e. The molecule has 0 unspecified atom stereocenters. The maximum absolute atomic E-state index is 13.5. The molecule has 0 saturated heterocycles.